The topological polar surface area (TPSA) is 37.3 Å². The predicted octanol–water partition coefficient (Wildman–Crippen LogP) is 6.96. The van der Waals surface area contributed by atoms with E-state index >= 15 is 0 Å². The highest BCUT2D eigenvalue weighted by Gasteiger charge is 2.66. The largest absolute Gasteiger partial charge is 0.393 e. The number of aliphatic hydroxyl groups excluding tert-OH is 1. The van der Waals surface area contributed by atoms with Gasteiger partial charge in [0.05, 0.1) is 11.5 Å². The Balaban J connectivity index is 1.39. The highest BCUT2D eigenvalue weighted by atomic mass is 16.3. The van der Waals surface area contributed by atoms with Crippen molar-refractivity contribution >= 4 is 5.78 Å². The van der Waals surface area contributed by atoms with Gasteiger partial charge in [0, 0.05) is 6.42 Å². The van der Waals surface area contributed by atoms with Crippen LogP contribution >= 0.6 is 0 Å². The fourth-order valence-corrected chi connectivity index (χ4v) is 9.70. The van der Waals surface area contributed by atoms with Crippen LogP contribution in [0.5, 0.6) is 0 Å². The van der Waals surface area contributed by atoms with E-state index in [9.17, 15) is 9.90 Å². The summed E-state index contributed by atoms with van der Waals surface area (Å²) in [7, 11) is 0. The zero-order chi connectivity index (χ0) is 22.2. The van der Waals surface area contributed by atoms with Gasteiger partial charge in [-0.3, -0.25) is 4.79 Å². The number of hydrogen-bond acceptors (Lipinski definition) is 2. The Labute approximate surface area is 190 Å². The van der Waals surface area contributed by atoms with Gasteiger partial charge >= 0.3 is 0 Å². The third kappa shape index (κ3) is 3.17. The van der Waals surface area contributed by atoms with Gasteiger partial charge in [-0.1, -0.05) is 65.5 Å². The second-order valence-corrected chi connectivity index (χ2v) is 13.3. The summed E-state index contributed by atoms with van der Waals surface area (Å²) < 4.78 is 0. The summed E-state index contributed by atoms with van der Waals surface area (Å²) in [6.07, 6.45) is 15.1. The first-order chi connectivity index (χ1) is 14.6. The summed E-state index contributed by atoms with van der Waals surface area (Å²) in [6.45, 7) is 12.1. The average Bonchev–Trinajstić information content (AvgIpc) is 3.43. The number of ketones is 1. The van der Waals surface area contributed by atoms with Gasteiger partial charge in [-0.2, -0.15) is 0 Å². The molecule has 4 saturated carbocycles. The minimum atomic E-state index is -0.122. The first kappa shape index (κ1) is 22.2. The van der Waals surface area contributed by atoms with E-state index in [0.29, 0.717) is 34.9 Å². The molecule has 0 unspecified atom stereocenters. The standard InChI is InChI=1S/C29H46O2/c1-18(2)7-6-8-19(3)26-23(30)17-22-20-9-10-24-27(4,21(20)11-13-28(22,26)5)14-12-25(31)29(24)15-16-29/h10,18-23,26,30H,6-9,11-17H2,1-5H3/t19-,20-,21+,22+,23-,26+,27-,28+/m1/s1. The van der Waals surface area contributed by atoms with Crippen molar-refractivity contribution in [2.45, 2.75) is 111 Å². The van der Waals surface area contributed by atoms with Crippen LogP contribution in [0.1, 0.15) is 105 Å². The number of hydrogen-bond donors (Lipinski definition) is 1. The molecule has 4 fully saturated rings. The van der Waals surface area contributed by atoms with Gasteiger partial charge in [0.15, 0.2) is 0 Å². The van der Waals surface area contributed by atoms with Crippen LogP contribution in [-0.4, -0.2) is 17.0 Å². The third-order valence-corrected chi connectivity index (χ3v) is 11.3. The molecule has 0 radical (unpaired) electrons. The lowest BCUT2D eigenvalue weighted by Crippen LogP contribution is -2.52. The van der Waals surface area contributed by atoms with Crippen LogP contribution in [0.25, 0.3) is 0 Å². The number of Topliss-reactive ketones (excluding diaryl/α,β-unsaturated/α-hetero) is 1. The van der Waals surface area contributed by atoms with Crippen LogP contribution in [0.15, 0.2) is 11.6 Å². The second-order valence-electron chi connectivity index (χ2n) is 13.3. The van der Waals surface area contributed by atoms with Crippen molar-refractivity contribution in [2.75, 3.05) is 0 Å². The Hall–Kier alpha value is -0.630. The lowest BCUT2D eigenvalue weighted by Gasteiger charge is -2.59. The van der Waals surface area contributed by atoms with Crippen molar-refractivity contribution in [3.05, 3.63) is 11.6 Å². The highest BCUT2D eigenvalue weighted by Crippen LogP contribution is 2.72. The second kappa shape index (κ2) is 7.44. The van der Waals surface area contributed by atoms with Crippen molar-refractivity contribution in [3.8, 4) is 0 Å². The molecule has 8 atom stereocenters. The fourth-order valence-electron chi connectivity index (χ4n) is 9.70. The highest BCUT2D eigenvalue weighted by molar-refractivity contribution is 5.92. The van der Waals surface area contributed by atoms with Gasteiger partial charge in [-0.15, -0.1) is 0 Å². The first-order valence-corrected chi connectivity index (χ1v) is 13.6. The Morgan fingerprint density at radius 1 is 1.06 bits per heavy atom. The lowest BCUT2D eigenvalue weighted by molar-refractivity contribution is -0.128. The molecule has 0 bridgehead atoms. The van der Waals surface area contributed by atoms with Crippen LogP contribution in [0, 0.1) is 51.8 Å². The summed E-state index contributed by atoms with van der Waals surface area (Å²) in [6, 6.07) is 0. The quantitative estimate of drug-likeness (QED) is 0.483. The number of aliphatic hydroxyl groups is 1. The Morgan fingerprint density at radius 3 is 2.48 bits per heavy atom. The molecule has 1 spiro atoms. The maximum absolute atomic E-state index is 12.8. The average molecular weight is 427 g/mol. The summed E-state index contributed by atoms with van der Waals surface area (Å²) in [5.41, 5.74) is 2.04. The van der Waals surface area contributed by atoms with Gasteiger partial charge in [0.2, 0.25) is 0 Å². The number of rotatable bonds is 5. The van der Waals surface area contributed by atoms with Gasteiger partial charge in [-0.25, -0.2) is 0 Å². The third-order valence-electron chi connectivity index (χ3n) is 11.3. The maximum atomic E-state index is 12.8. The first-order valence-electron chi connectivity index (χ1n) is 13.6. The van der Waals surface area contributed by atoms with Crippen LogP contribution in [-0.2, 0) is 4.79 Å². The minimum absolute atomic E-state index is 0.0403. The zero-order valence-electron chi connectivity index (χ0n) is 20.8. The molecule has 174 valence electrons. The SMILES string of the molecule is CC(C)CCC[C@@H](C)[C@H]1[C@H](O)C[C@H]2[C@@H]3CC=C4C5(CC5)C(=O)CC[C@]4(C)[C@H]3CC[C@]12C. The van der Waals surface area contributed by atoms with Crippen LogP contribution in [0.2, 0.25) is 0 Å². The van der Waals surface area contributed by atoms with Crippen molar-refractivity contribution < 1.29 is 9.90 Å². The van der Waals surface area contributed by atoms with Gasteiger partial charge in [0.25, 0.3) is 0 Å². The molecular formula is C29H46O2. The molecule has 0 aliphatic heterocycles. The Bertz CT molecular complexity index is 761. The molecule has 0 heterocycles. The van der Waals surface area contributed by atoms with E-state index in [4.69, 9.17) is 0 Å². The normalized spacial score (nSPS) is 46.4. The maximum Gasteiger partial charge on any atom is 0.143 e. The van der Waals surface area contributed by atoms with Gasteiger partial charge in [-0.05, 0) is 91.3 Å². The molecule has 0 aromatic carbocycles. The van der Waals surface area contributed by atoms with E-state index in [-0.39, 0.29) is 16.9 Å². The summed E-state index contributed by atoms with van der Waals surface area (Å²) in [5.74, 6) is 4.49. The van der Waals surface area contributed by atoms with Crippen LogP contribution in [0.3, 0.4) is 0 Å². The molecular weight excluding hydrogens is 380 g/mol. The van der Waals surface area contributed by atoms with Crippen LogP contribution < -0.4 is 0 Å². The van der Waals surface area contributed by atoms with E-state index < -0.39 is 0 Å². The molecule has 2 heteroatoms. The number of allylic oxidation sites excluding steroid dienone is 2. The smallest absolute Gasteiger partial charge is 0.143 e. The molecule has 0 saturated heterocycles. The molecule has 0 aromatic heterocycles. The molecule has 5 rings (SSSR count). The van der Waals surface area contributed by atoms with Gasteiger partial charge in [0.1, 0.15) is 5.78 Å². The van der Waals surface area contributed by atoms with E-state index in [1.54, 1.807) is 5.57 Å². The van der Waals surface area contributed by atoms with Crippen molar-refractivity contribution in [1.82, 2.24) is 0 Å². The van der Waals surface area contributed by atoms with Gasteiger partial charge < -0.3 is 5.11 Å². The van der Waals surface area contributed by atoms with E-state index in [1.165, 1.54) is 32.1 Å². The molecule has 0 aromatic rings. The molecule has 5 aliphatic carbocycles. The molecule has 1 N–H and O–H groups in total. The van der Waals surface area contributed by atoms with Crippen molar-refractivity contribution in [1.29, 1.82) is 0 Å². The van der Waals surface area contributed by atoms with E-state index in [1.807, 2.05) is 0 Å². The monoisotopic (exact) mass is 426 g/mol. The zero-order valence-corrected chi connectivity index (χ0v) is 20.8. The molecule has 31 heavy (non-hydrogen) atoms. The summed E-state index contributed by atoms with van der Waals surface area (Å²) in [5, 5.41) is 11.3. The van der Waals surface area contributed by atoms with Crippen molar-refractivity contribution in [3.63, 3.8) is 0 Å². The number of carbonyl (C=O) groups is 1. The molecule has 5 aliphatic rings. The Morgan fingerprint density at radius 2 is 1.81 bits per heavy atom. The Kier molecular flexibility index (Phi) is 5.32. The van der Waals surface area contributed by atoms with E-state index in [2.05, 4.69) is 40.7 Å². The number of fused-ring (bicyclic) bond motifs is 6. The van der Waals surface area contributed by atoms with E-state index in [0.717, 1.165) is 50.4 Å². The summed E-state index contributed by atoms with van der Waals surface area (Å²) >= 11 is 0. The fraction of sp³-hybridized carbons (Fsp3) is 0.897. The lowest BCUT2D eigenvalue weighted by atomic mass is 9.45. The van der Waals surface area contributed by atoms with Crippen LogP contribution in [0.4, 0.5) is 0 Å². The number of carbonyl (C=O) groups excluding carboxylic acids is 1. The summed E-state index contributed by atoms with van der Waals surface area (Å²) in [4.78, 5) is 12.8. The molecule has 0 amide bonds. The molecule has 2 nitrogen and oxygen atoms in total. The predicted molar refractivity (Wildman–Crippen MR) is 126 cm³/mol. The minimum Gasteiger partial charge on any atom is -0.393 e. The van der Waals surface area contributed by atoms with Crippen molar-refractivity contribution in [2.24, 2.45) is 51.8 Å².